The van der Waals surface area contributed by atoms with Crippen molar-refractivity contribution >= 4 is 5.65 Å². The van der Waals surface area contributed by atoms with Gasteiger partial charge in [-0.15, -0.1) is 0 Å². The van der Waals surface area contributed by atoms with Gasteiger partial charge in [0, 0.05) is 23.5 Å². The Morgan fingerprint density at radius 1 is 0.880 bits per heavy atom. The van der Waals surface area contributed by atoms with E-state index in [2.05, 4.69) is 23.0 Å². The van der Waals surface area contributed by atoms with Crippen LogP contribution in [0, 0.1) is 13.8 Å². The summed E-state index contributed by atoms with van der Waals surface area (Å²) in [6.45, 7) is 4.05. The number of aryl methyl sites for hydroxylation is 2. The average Bonchev–Trinajstić information content (AvgIpc) is 2.97. The Hall–Kier alpha value is -2.30. The predicted octanol–water partition coefficient (Wildman–Crippen LogP) is 4.63. The smallest absolute Gasteiger partial charge is 0.178 e. The molecule has 25 heavy (non-hydrogen) atoms. The molecule has 0 saturated heterocycles. The lowest BCUT2D eigenvalue weighted by Gasteiger charge is -2.20. The van der Waals surface area contributed by atoms with Gasteiger partial charge in [0.15, 0.2) is 11.5 Å². The molecule has 0 amide bonds. The molecule has 1 saturated carbocycles. The minimum absolute atomic E-state index is 0.559. The third-order valence-corrected chi connectivity index (χ3v) is 5.15. The second-order valence-electron chi connectivity index (χ2n) is 7.20. The summed E-state index contributed by atoms with van der Waals surface area (Å²) in [4.78, 5) is 18.4. The van der Waals surface area contributed by atoms with Crippen LogP contribution in [0.2, 0.25) is 0 Å². The molecule has 0 radical (unpaired) electrons. The predicted molar refractivity (Wildman–Crippen MR) is 98.5 cm³/mol. The van der Waals surface area contributed by atoms with Crippen LogP contribution in [0.4, 0.5) is 0 Å². The molecular weight excluding hydrogens is 310 g/mol. The maximum absolute atomic E-state index is 4.96. The Bertz CT molecular complexity index is 875. The molecule has 4 rings (SSSR count). The van der Waals surface area contributed by atoms with Gasteiger partial charge < -0.3 is 0 Å². The lowest BCUT2D eigenvalue weighted by molar-refractivity contribution is 0.449. The average molecular weight is 335 g/mol. The Balaban J connectivity index is 1.74. The van der Waals surface area contributed by atoms with E-state index in [-0.39, 0.29) is 0 Å². The van der Waals surface area contributed by atoms with Crippen LogP contribution in [0.25, 0.3) is 17.2 Å². The SMILES string of the molecule is Cc1cn2c(-c3nc(C)cc(C4CCCCCCC4)n3)cnc2cn1. The lowest BCUT2D eigenvalue weighted by Crippen LogP contribution is -2.07. The van der Waals surface area contributed by atoms with Crippen LogP contribution in [-0.4, -0.2) is 24.3 Å². The zero-order valence-electron chi connectivity index (χ0n) is 15.1. The Morgan fingerprint density at radius 2 is 1.64 bits per heavy atom. The number of hydrogen-bond acceptors (Lipinski definition) is 4. The number of hydrogen-bond donors (Lipinski definition) is 0. The molecule has 5 heteroatoms. The minimum Gasteiger partial charge on any atom is -0.294 e. The van der Waals surface area contributed by atoms with Gasteiger partial charge >= 0.3 is 0 Å². The van der Waals surface area contributed by atoms with Crippen LogP contribution in [-0.2, 0) is 0 Å². The van der Waals surface area contributed by atoms with Gasteiger partial charge in [-0.25, -0.2) is 15.0 Å². The van der Waals surface area contributed by atoms with Crippen molar-refractivity contribution in [1.82, 2.24) is 24.3 Å². The maximum Gasteiger partial charge on any atom is 0.178 e. The molecule has 0 unspecified atom stereocenters. The molecule has 1 aliphatic rings. The van der Waals surface area contributed by atoms with Gasteiger partial charge in [-0.3, -0.25) is 9.38 Å². The highest BCUT2D eigenvalue weighted by molar-refractivity contribution is 5.56. The second kappa shape index (κ2) is 6.90. The molecule has 0 aromatic carbocycles. The molecule has 1 fully saturated rings. The first-order valence-electron chi connectivity index (χ1n) is 9.36. The second-order valence-corrected chi connectivity index (χ2v) is 7.20. The van der Waals surface area contributed by atoms with Crippen LogP contribution in [0.1, 0.15) is 67.9 Å². The highest BCUT2D eigenvalue weighted by Crippen LogP contribution is 2.31. The van der Waals surface area contributed by atoms with E-state index >= 15 is 0 Å². The van der Waals surface area contributed by atoms with Crippen LogP contribution in [0.5, 0.6) is 0 Å². The first kappa shape index (κ1) is 16.2. The molecular formula is C20H25N5. The number of aromatic nitrogens is 5. The molecule has 0 bridgehead atoms. The van der Waals surface area contributed by atoms with Crippen LogP contribution in [0.3, 0.4) is 0 Å². The monoisotopic (exact) mass is 335 g/mol. The molecule has 1 aliphatic carbocycles. The van der Waals surface area contributed by atoms with Crippen molar-refractivity contribution in [3.63, 3.8) is 0 Å². The molecule has 0 aliphatic heterocycles. The van der Waals surface area contributed by atoms with E-state index in [0.717, 1.165) is 28.6 Å². The number of fused-ring (bicyclic) bond motifs is 1. The van der Waals surface area contributed by atoms with Gasteiger partial charge in [-0.05, 0) is 32.8 Å². The summed E-state index contributed by atoms with van der Waals surface area (Å²) in [7, 11) is 0. The van der Waals surface area contributed by atoms with E-state index in [9.17, 15) is 0 Å². The molecule has 0 atom stereocenters. The summed E-state index contributed by atoms with van der Waals surface area (Å²) < 4.78 is 2.04. The Morgan fingerprint density at radius 3 is 2.44 bits per heavy atom. The van der Waals surface area contributed by atoms with Gasteiger partial charge in [0.1, 0.15) is 5.69 Å². The summed E-state index contributed by atoms with van der Waals surface area (Å²) in [5, 5.41) is 0. The van der Waals surface area contributed by atoms with Crippen LogP contribution in [0.15, 0.2) is 24.7 Å². The van der Waals surface area contributed by atoms with E-state index in [1.807, 2.05) is 23.7 Å². The Kier molecular flexibility index (Phi) is 4.47. The Labute approximate surface area is 148 Å². The van der Waals surface area contributed by atoms with Crippen molar-refractivity contribution in [3.05, 3.63) is 41.7 Å². The van der Waals surface area contributed by atoms with Gasteiger partial charge in [0.05, 0.1) is 18.1 Å². The van der Waals surface area contributed by atoms with Crippen LogP contribution >= 0.6 is 0 Å². The molecule has 0 N–H and O–H groups in total. The van der Waals surface area contributed by atoms with Crippen LogP contribution < -0.4 is 0 Å². The topological polar surface area (TPSA) is 56.0 Å². The van der Waals surface area contributed by atoms with Gasteiger partial charge in [-0.1, -0.05) is 32.1 Å². The zero-order chi connectivity index (χ0) is 17.2. The highest BCUT2D eigenvalue weighted by Gasteiger charge is 2.18. The first-order chi connectivity index (χ1) is 12.2. The normalized spacial score (nSPS) is 16.7. The summed E-state index contributed by atoms with van der Waals surface area (Å²) in [6, 6.07) is 2.17. The standard InChI is InChI=1S/C20H25N5/c1-14-10-17(16-8-6-4-3-5-7-9-16)24-20(23-14)18-11-22-19-12-21-15(2)13-25(18)19/h10-13,16H,3-9H2,1-2H3. The van der Waals surface area contributed by atoms with Gasteiger partial charge in [0.2, 0.25) is 0 Å². The summed E-state index contributed by atoms with van der Waals surface area (Å²) in [5.74, 6) is 1.33. The molecule has 3 aromatic rings. The van der Waals surface area contributed by atoms with Crippen molar-refractivity contribution < 1.29 is 0 Å². The molecule has 5 nitrogen and oxygen atoms in total. The lowest BCUT2D eigenvalue weighted by atomic mass is 9.88. The minimum atomic E-state index is 0.559. The van der Waals surface area contributed by atoms with Crippen molar-refractivity contribution in [2.45, 2.75) is 64.7 Å². The third-order valence-electron chi connectivity index (χ3n) is 5.15. The van der Waals surface area contributed by atoms with E-state index < -0.39 is 0 Å². The fourth-order valence-corrected chi connectivity index (χ4v) is 3.82. The van der Waals surface area contributed by atoms with Gasteiger partial charge in [-0.2, -0.15) is 0 Å². The molecule has 0 spiro atoms. The third kappa shape index (κ3) is 3.41. The zero-order valence-corrected chi connectivity index (χ0v) is 15.1. The largest absolute Gasteiger partial charge is 0.294 e. The fourth-order valence-electron chi connectivity index (χ4n) is 3.82. The van der Waals surface area contributed by atoms with E-state index in [4.69, 9.17) is 9.97 Å². The quantitative estimate of drug-likeness (QED) is 0.685. The van der Waals surface area contributed by atoms with Crippen molar-refractivity contribution in [1.29, 1.82) is 0 Å². The highest BCUT2D eigenvalue weighted by atomic mass is 15.1. The summed E-state index contributed by atoms with van der Waals surface area (Å²) in [5.41, 5.74) is 4.96. The molecule has 3 heterocycles. The number of rotatable bonds is 2. The summed E-state index contributed by atoms with van der Waals surface area (Å²) in [6.07, 6.45) is 14.8. The first-order valence-corrected chi connectivity index (χ1v) is 9.36. The fraction of sp³-hybridized carbons (Fsp3) is 0.500. The number of imidazole rings is 1. The van der Waals surface area contributed by atoms with E-state index in [1.165, 1.54) is 50.6 Å². The van der Waals surface area contributed by atoms with E-state index in [1.54, 1.807) is 6.20 Å². The van der Waals surface area contributed by atoms with Crippen molar-refractivity contribution in [2.24, 2.45) is 0 Å². The van der Waals surface area contributed by atoms with Crippen molar-refractivity contribution in [2.75, 3.05) is 0 Å². The van der Waals surface area contributed by atoms with E-state index in [0.29, 0.717) is 5.92 Å². The maximum atomic E-state index is 4.96. The molecule has 3 aromatic heterocycles. The summed E-state index contributed by atoms with van der Waals surface area (Å²) >= 11 is 0. The number of nitrogens with zero attached hydrogens (tertiary/aromatic N) is 5. The van der Waals surface area contributed by atoms with Gasteiger partial charge in [0.25, 0.3) is 0 Å². The molecule has 130 valence electrons. The van der Waals surface area contributed by atoms with Crippen molar-refractivity contribution in [3.8, 4) is 11.5 Å².